The second-order valence-corrected chi connectivity index (χ2v) is 6.51. The van der Waals surface area contributed by atoms with Gasteiger partial charge in [-0.1, -0.05) is 67.6 Å². The summed E-state index contributed by atoms with van der Waals surface area (Å²) in [5, 5.41) is 12.3. The van der Waals surface area contributed by atoms with E-state index in [1.807, 2.05) is 54.6 Å². The second-order valence-electron chi connectivity index (χ2n) is 5.50. The van der Waals surface area contributed by atoms with Crippen molar-refractivity contribution in [3.05, 3.63) is 65.2 Å². The molecule has 3 aromatic rings. The maximum atomic E-state index is 12.3. The maximum Gasteiger partial charge on any atom is 0.257 e. The summed E-state index contributed by atoms with van der Waals surface area (Å²) in [5.41, 5.74) is 2.82. The summed E-state index contributed by atoms with van der Waals surface area (Å²) in [6, 6.07) is 17.6. The average molecular weight is 323 g/mol. The van der Waals surface area contributed by atoms with E-state index in [9.17, 15) is 4.79 Å². The maximum absolute atomic E-state index is 12.3. The van der Waals surface area contributed by atoms with Crippen LogP contribution in [-0.2, 0) is 0 Å². The Morgan fingerprint density at radius 3 is 2.22 bits per heavy atom. The molecular formula is C18H17N3OS. The molecule has 1 amide bonds. The van der Waals surface area contributed by atoms with Crippen LogP contribution in [-0.4, -0.2) is 16.1 Å². The van der Waals surface area contributed by atoms with Crippen LogP contribution in [0.1, 0.15) is 35.1 Å². The molecule has 23 heavy (non-hydrogen) atoms. The van der Waals surface area contributed by atoms with Crippen molar-refractivity contribution in [2.24, 2.45) is 0 Å². The molecule has 0 unspecified atom stereocenters. The van der Waals surface area contributed by atoms with Crippen molar-refractivity contribution in [2.45, 2.75) is 19.8 Å². The number of anilines is 1. The molecule has 0 atom stereocenters. The largest absolute Gasteiger partial charge is 0.296 e. The third-order valence-electron chi connectivity index (χ3n) is 3.41. The lowest BCUT2D eigenvalue weighted by atomic mass is 10.0. The zero-order chi connectivity index (χ0) is 16.2. The molecule has 0 saturated carbocycles. The number of nitrogens with one attached hydrogen (secondary N) is 1. The number of hydrogen-bond donors (Lipinski definition) is 1. The molecule has 0 aliphatic rings. The fourth-order valence-electron chi connectivity index (χ4n) is 2.13. The Hall–Kier alpha value is -2.53. The van der Waals surface area contributed by atoms with E-state index in [0.717, 1.165) is 16.1 Å². The number of amides is 1. The van der Waals surface area contributed by atoms with Crippen molar-refractivity contribution >= 4 is 22.4 Å². The van der Waals surface area contributed by atoms with Crippen molar-refractivity contribution in [1.82, 2.24) is 10.2 Å². The van der Waals surface area contributed by atoms with Crippen LogP contribution in [0.15, 0.2) is 54.6 Å². The van der Waals surface area contributed by atoms with Crippen LogP contribution in [0, 0.1) is 0 Å². The second kappa shape index (κ2) is 6.71. The van der Waals surface area contributed by atoms with E-state index >= 15 is 0 Å². The Labute approximate surface area is 139 Å². The van der Waals surface area contributed by atoms with Crippen molar-refractivity contribution in [3.8, 4) is 11.1 Å². The van der Waals surface area contributed by atoms with Gasteiger partial charge in [0, 0.05) is 11.5 Å². The van der Waals surface area contributed by atoms with Gasteiger partial charge in [0.15, 0.2) is 0 Å². The number of benzene rings is 2. The van der Waals surface area contributed by atoms with Gasteiger partial charge in [-0.05, 0) is 23.3 Å². The number of hydrogen-bond acceptors (Lipinski definition) is 4. The summed E-state index contributed by atoms with van der Waals surface area (Å²) in [5.74, 6) is 0.138. The number of carbonyl (C=O) groups excluding carboxylic acids is 1. The summed E-state index contributed by atoms with van der Waals surface area (Å²) in [4.78, 5) is 12.3. The third kappa shape index (κ3) is 3.63. The molecule has 0 fully saturated rings. The van der Waals surface area contributed by atoms with E-state index in [0.29, 0.717) is 16.6 Å². The third-order valence-corrected chi connectivity index (χ3v) is 4.55. The van der Waals surface area contributed by atoms with Crippen LogP contribution in [0.4, 0.5) is 5.13 Å². The quantitative estimate of drug-likeness (QED) is 0.764. The highest BCUT2D eigenvalue weighted by atomic mass is 32.1. The summed E-state index contributed by atoms with van der Waals surface area (Å²) in [6.45, 7) is 4.10. The minimum absolute atomic E-state index is 0.170. The van der Waals surface area contributed by atoms with Gasteiger partial charge in [0.25, 0.3) is 5.91 Å². The Morgan fingerprint density at radius 1 is 0.957 bits per heavy atom. The smallest absolute Gasteiger partial charge is 0.257 e. The van der Waals surface area contributed by atoms with E-state index in [-0.39, 0.29) is 5.91 Å². The van der Waals surface area contributed by atoms with Gasteiger partial charge < -0.3 is 0 Å². The van der Waals surface area contributed by atoms with Crippen molar-refractivity contribution in [3.63, 3.8) is 0 Å². The Bertz CT molecular complexity index is 795. The highest BCUT2D eigenvalue weighted by molar-refractivity contribution is 7.15. The standard InChI is InChI=1S/C18H17N3OS/c1-12(2)17-20-21-18(23-17)19-16(22)15-10-8-14(9-11-15)13-6-4-3-5-7-13/h3-12H,1-2H3,(H,19,21,22). The lowest BCUT2D eigenvalue weighted by Gasteiger charge is -2.04. The van der Waals surface area contributed by atoms with Gasteiger partial charge in [-0.3, -0.25) is 10.1 Å². The molecule has 116 valence electrons. The number of carbonyl (C=O) groups is 1. The molecule has 2 aromatic carbocycles. The summed E-state index contributed by atoms with van der Waals surface area (Å²) in [7, 11) is 0. The van der Waals surface area contributed by atoms with Crippen LogP contribution < -0.4 is 5.32 Å². The average Bonchev–Trinajstić information content (AvgIpc) is 3.04. The molecule has 0 saturated heterocycles. The van der Waals surface area contributed by atoms with Crippen LogP contribution in [0.25, 0.3) is 11.1 Å². The summed E-state index contributed by atoms with van der Waals surface area (Å²) >= 11 is 1.41. The molecule has 1 aromatic heterocycles. The lowest BCUT2D eigenvalue weighted by Crippen LogP contribution is -2.11. The molecule has 5 heteroatoms. The fraction of sp³-hybridized carbons (Fsp3) is 0.167. The first kappa shape index (κ1) is 15.4. The van der Waals surface area contributed by atoms with E-state index in [1.54, 1.807) is 0 Å². The SMILES string of the molecule is CC(C)c1nnc(NC(=O)c2ccc(-c3ccccc3)cc2)s1. The minimum atomic E-state index is -0.170. The zero-order valence-electron chi connectivity index (χ0n) is 13.0. The molecule has 4 nitrogen and oxygen atoms in total. The first-order valence-electron chi connectivity index (χ1n) is 7.44. The van der Waals surface area contributed by atoms with Crippen LogP contribution in [0.5, 0.6) is 0 Å². The highest BCUT2D eigenvalue weighted by Gasteiger charge is 2.12. The first-order chi connectivity index (χ1) is 11.1. The van der Waals surface area contributed by atoms with Crippen LogP contribution >= 0.6 is 11.3 Å². The van der Waals surface area contributed by atoms with Gasteiger partial charge in [0.2, 0.25) is 5.13 Å². The first-order valence-corrected chi connectivity index (χ1v) is 8.25. The Balaban J connectivity index is 1.72. The normalized spacial score (nSPS) is 10.7. The topological polar surface area (TPSA) is 54.9 Å². The number of rotatable bonds is 4. The molecule has 0 aliphatic carbocycles. The fourth-order valence-corrected chi connectivity index (χ4v) is 2.87. The molecule has 0 radical (unpaired) electrons. The van der Waals surface area contributed by atoms with E-state index in [1.165, 1.54) is 11.3 Å². The predicted octanol–water partition coefficient (Wildman–Crippen LogP) is 4.58. The van der Waals surface area contributed by atoms with Gasteiger partial charge >= 0.3 is 0 Å². The number of nitrogens with zero attached hydrogens (tertiary/aromatic N) is 2. The van der Waals surface area contributed by atoms with Crippen molar-refractivity contribution in [2.75, 3.05) is 5.32 Å². The van der Waals surface area contributed by atoms with Gasteiger partial charge in [0.1, 0.15) is 5.01 Å². The molecule has 0 spiro atoms. The van der Waals surface area contributed by atoms with Crippen LogP contribution in [0.3, 0.4) is 0 Å². The molecule has 1 heterocycles. The predicted molar refractivity (Wildman–Crippen MR) is 93.8 cm³/mol. The Kier molecular flexibility index (Phi) is 4.48. The van der Waals surface area contributed by atoms with Gasteiger partial charge in [-0.2, -0.15) is 0 Å². The zero-order valence-corrected chi connectivity index (χ0v) is 13.8. The summed E-state index contributed by atoms with van der Waals surface area (Å²) in [6.07, 6.45) is 0. The summed E-state index contributed by atoms with van der Waals surface area (Å²) < 4.78 is 0. The molecule has 0 bridgehead atoms. The molecular weight excluding hydrogens is 306 g/mol. The highest BCUT2D eigenvalue weighted by Crippen LogP contribution is 2.23. The minimum Gasteiger partial charge on any atom is -0.296 e. The van der Waals surface area contributed by atoms with Gasteiger partial charge in [0.05, 0.1) is 0 Å². The molecule has 3 rings (SSSR count). The van der Waals surface area contributed by atoms with E-state index < -0.39 is 0 Å². The van der Waals surface area contributed by atoms with Crippen LogP contribution in [0.2, 0.25) is 0 Å². The van der Waals surface area contributed by atoms with E-state index in [2.05, 4.69) is 29.4 Å². The van der Waals surface area contributed by atoms with E-state index in [4.69, 9.17) is 0 Å². The lowest BCUT2D eigenvalue weighted by molar-refractivity contribution is 0.102. The molecule has 0 aliphatic heterocycles. The monoisotopic (exact) mass is 323 g/mol. The van der Waals surface area contributed by atoms with Crippen molar-refractivity contribution < 1.29 is 4.79 Å². The van der Waals surface area contributed by atoms with Gasteiger partial charge in [-0.15, -0.1) is 10.2 Å². The van der Waals surface area contributed by atoms with Crippen molar-refractivity contribution in [1.29, 1.82) is 0 Å². The number of aromatic nitrogens is 2. The Morgan fingerprint density at radius 2 is 1.61 bits per heavy atom. The van der Waals surface area contributed by atoms with Gasteiger partial charge in [-0.25, -0.2) is 0 Å². The molecule has 1 N–H and O–H groups in total.